The van der Waals surface area contributed by atoms with E-state index in [4.69, 9.17) is 4.74 Å². The number of nitrogens with zero attached hydrogens (tertiary/aromatic N) is 3. The zero-order chi connectivity index (χ0) is 30.7. The number of amides is 3. The Bertz CT molecular complexity index is 1360. The number of carbonyl (C=O) groups excluding carboxylic acids is 3. The summed E-state index contributed by atoms with van der Waals surface area (Å²) in [5.74, 6) is -1.08. The highest BCUT2D eigenvalue weighted by molar-refractivity contribution is 9.09. The van der Waals surface area contributed by atoms with Crippen LogP contribution >= 0.6 is 27.7 Å². The second-order valence-electron chi connectivity index (χ2n) is 11.1. The number of hydrogen-bond donors (Lipinski definition) is 1. The number of unbranched alkanes of at least 4 members (excludes halogenated alkanes) is 1. The number of carbonyl (C=O) groups is 3. The van der Waals surface area contributed by atoms with Gasteiger partial charge >= 0.3 is 0 Å². The number of aliphatic hydroxyl groups is 1. The van der Waals surface area contributed by atoms with E-state index < -0.39 is 22.6 Å². The lowest BCUT2D eigenvalue weighted by molar-refractivity contribution is -0.139. The molecule has 3 heterocycles. The first-order valence-corrected chi connectivity index (χ1v) is 16.4. The number of ether oxygens (including phenoxy) is 1. The molecule has 6 atom stereocenters. The molecule has 2 aromatic rings. The van der Waals surface area contributed by atoms with Crippen LogP contribution in [0.1, 0.15) is 19.3 Å². The van der Waals surface area contributed by atoms with Crippen molar-refractivity contribution in [2.75, 3.05) is 43.2 Å². The Balaban J connectivity index is 1.56. The van der Waals surface area contributed by atoms with Gasteiger partial charge in [-0.1, -0.05) is 46.3 Å². The third-order valence-electron chi connectivity index (χ3n) is 8.72. The zero-order valence-corrected chi connectivity index (χ0v) is 26.7. The first-order valence-electron chi connectivity index (χ1n) is 14.6. The quantitative estimate of drug-likeness (QED) is 0.190. The smallest absolute Gasteiger partial charge is 0.251 e. The van der Waals surface area contributed by atoms with Crippen molar-refractivity contribution in [3.63, 3.8) is 0 Å². The second-order valence-corrected chi connectivity index (χ2v) is 13.9. The van der Waals surface area contributed by atoms with Crippen molar-refractivity contribution in [2.45, 2.75) is 40.1 Å². The largest absolute Gasteiger partial charge is 0.497 e. The van der Waals surface area contributed by atoms with E-state index in [0.29, 0.717) is 43.8 Å². The van der Waals surface area contributed by atoms with Gasteiger partial charge in [-0.3, -0.25) is 14.4 Å². The number of hydrogen-bond acceptors (Lipinski definition) is 6. The molecule has 3 aliphatic rings. The Morgan fingerprint density at radius 2 is 1.67 bits per heavy atom. The van der Waals surface area contributed by atoms with Gasteiger partial charge in [0.2, 0.25) is 11.8 Å². The lowest BCUT2D eigenvalue weighted by Gasteiger charge is -2.38. The van der Waals surface area contributed by atoms with Crippen molar-refractivity contribution in [3.8, 4) is 5.75 Å². The highest BCUT2D eigenvalue weighted by Crippen LogP contribution is 2.68. The summed E-state index contributed by atoms with van der Waals surface area (Å²) in [6, 6.07) is 15.9. The number of methoxy groups -OCH3 is 1. The van der Waals surface area contributed by atoms with Crippen molar-refractivity contribution >= 4 is 56.8 Å². The summed E-state index contributed by atoms with van der Waals surface area (Å²) in [5, 5.41) is 9.33. The van der Waals surface area contributed by atoms with E-state index in [9.17, 15) is 19.5 Å². The summed E-state index contributed by atoms with van der Waals surface area (Å²) in [6.45, 7) is 8.66. The van der Waals surface area contributed by atoms with Gasteiger partial charge in [0.25, 0.3) is 5.91 Å². The molecule has 3 saturated heterocycles. The number of aliphatic hydroxyl groups excluding tert-OH is 1. The number of halogens is 1. The molecule has 3 aliphatic heterocycles. The molecular formula is C33H38BrN3O5S. The number of alkyl halides is 1. The van der Waals surface area contributed by atoms with Gasteiger partial charge in [-0.2, -0.15) is 0 Å². The van der Waals surface area contributed by atoms with E-state index in [1.807, 2.05) is 42.5 Å². The molecule has 0 radical (unpaired) electrons. The Kier molecular flexibility index (Phi) is 9.68. The number of anilines is 2. The predicted molar refractivity (Wildman–Crippen MR) is 175 cm³/mol. The number of thioether (sulfide) groups is 1. The van der Waals surface area contributed by atoms with Crippen LogP contribution in [0.3, 0.4) is 0 Å². The van der Waals surface area contributed by atoms with Crippen molar-refractivity contribution in [1.82, 2.24) is 4.90 Å². The van der Waals surface area contributed by atoms with Gasteiger partial charge in [-0.25, -0.2) is 0 Å². The van der Waals surface area contributed by atoms with Crippen molar-refractivity contribution in [3.05, 3.63) is 79.9 Å². The number of likely N-dealkylation sites (tertiary alicyclic amines) is 1. The maximum atomic E-state index is 14.7. The zero-order valence-electron chi connectivity index (χ0n) is 24.3. The molecule has 3 fully saturated rings. The maximum absolute atomic E-state index is 14.7. The van der Waals surface area contributed by atoms with E-state index in [2.05, 4.69) is 29.1 Å². The SMILES string of the molecule is C=CCN(C(=O)C1N(CCCCO)C(=O)[C@@H]2[C@@H](C(=O)N(CC=C)c3ccccc3)[C@@H]3SC12CC3Br)c1ccc(OC)cc1. The molecule has 228 valence electrons. The molecule has 10 heteroatoms. The summed E-state index contributed by atoms with van der Waals surface area (Å²) >= 11 is 5.48. The van der Waals surface area contributed by atoms with E-state index >= 15 is 0 Å². The van der Waals surface area contributed by atoms with Crippen LogP contribution in [0.4, 0.5) is 11.4 Å². The molecule has 2 aromatic carbocycles. The lowest BCUT2D eigenvalue weighted by atomic mass is 9.70. The molecule has 1 spiro atoms. The van der Waals surface area contributed by atoms with Gasteiger partial charge in [0.15, 0.2) is 0 Å². The van der Waals surface area contributed by atoms with Crippen LogP contribution in [0.15, 0.2) is 79.9 Å². The second kappa shape index (κ2) is 13.3. The number of benzene rings is 2. The Labute approximate surface area is 265 Å². The van der Waals surface area contributed by atoms with E-state index in [1.165, 1.54) is 0 Å². The Morgan fingerprint density at radius 3 is 2.28 bits per heavy atom. The number of fused-ring (bicyclic) bond motifs is 1. The van der Waals surface area contributed by atoms with Gasteiger partial charge < -0.3 is 24.5 Å². The number of para-hydroxylation sites is 1. The van der Waals surface area contributed by atoms with Crippen LogP contribution in [-0.4, -0.2) is 81.9 Å². The summed E-state index contributed by atoms with van der Waals surface area (Å²) in [6.07, 6.45) is 5.02. The van der Waals surface area contributed by atoms with Crippen molar-refractivity contribution in [2.24, 2.45) is 11.8 Å². The maximum Gasteiger partial charge on any atom is 0.251 e. The van der Waals surface area contributed by atoms with Crippen LogP contribution in [0.5, 0.6) is 5.75 Å². The fourth-order valence-electron chi connectivity index (χ4n) is 6.93. The van der Waals surface area contributed by atoms with Crippen LogP contribution in [0, 0.1) is 11.8 Å². The minimum Gasteiger partial charge on any atom is -0.497 e. The molecule has 0 aliphatic carbocycles. The van der Waals surface area contributed by atoms with Gasteiger partial charge in [-0.15, -0.1) is 24.9 Å². The fraction of sp³-hybridized carbons (Fsp3) is 0.424. The Hall–Kier alpha value is -3.08. The van der Waals surface area contributed by atoms with Gasteiger partial charge in [0, 0.05) is 47.7 Å². The van der Waals surface area contributed by atoms with Gasteiger partial charge in [-0.05, 0) is 55.7 Å². The van der Waals surface area contributed by atoms with Crippen molar-refractivity contribution < 1.29 is 24.2 Å². The molecule has 3 unspecified atom stereocenters. The molecule has 1 N–H and O–H groups in total. The third kappa shape index (κ3) is 5.53. The normalized spacial score (nSPS) is 27.1. The van der Waals surface area contributed by atoms with E-state index in [0.717, 1.165) is 5.69 Å². The van der Waals surface area contributed by atoms with Crippen molar-refractivity contribution in [1.29, 1.82) is 0 Å². The monoisotopic (exact) mass is 667 g/mol. The van der Waals surface area contributed by atoms with E-state index in [-0.39, 0.29) is 41.0 Å². The molecular weight excluding hydrogens is 630 g/mol. The highest BCUT2D eigenvalue weighted by Gasteiger charge is 2.76. The molecule has 0 aromatic heterocycles. The van der Waals surface area contributed by atoms with Crippen LogP contribution in [-0.2, 0) is 14.4 Å². The molecule has 3 amide bonds. The van der Waals surface area contributed by atoms with Crippen LogP contribution < -0.4 is 14.5 Å². The van der Waals surface area contributed by atoms with Crippen LogP contribution in [0.2, 0.25) is 0 Å². The summed E-state index contributed by atoms with van der Waals surface area (Å²) in [7, 11) is 1.59. The Morgan fingerprint density at radius 1 is 1.05 bits per heavy atom. The minimum atomic E-state index is -0.783. The molecule has 43 heavy (non-hydrogen) atoms. The molecule has 8 nitrogen and oxygen atoms in total. The molecule has 5 rings (SSSR count). The number of rotatable bonds is 13. The van der Waals surface area contributed by atoms with Gasteiger partial charge in [0.1, 0.15) is 11.8 Å². The van der Waals surface area contributed by atoms with Crippen LogP contribution in [0.25, 0.3) is 0 Å². The van der Waals surface area contributed by atoms with Gasteiger partial charge in [0.05, 0.1) is 23.7 Å². The molecule has 0 saturated carbocycles. The first kappa shape index (κ1) is 31.3. The van der Waals surface area contributed by atoms with E-state index in [1.54, 1.807) is 57.9 Å². The summed E-state index contributed by atoms with van der Waals surface area (Å²) < 4.78 is 4.54. The standard InChI is InChI=1S/C33H38BrN3O5S/c1-4-17-35(22-11-7-6-8-12-22)30(39)26-27-31(40)37(19-9-10-20-38)29(33(27)21-25(34)28(26)43-33)32(41)36(18-5-2)23-13-15-24(42-3)16-14-23/h4-8,11-16,25-29,38H,1-2,9-10,17-21H2,3H3/t25?,26-,27+,28-,29?,33?/m1/s1. The average Bonchev–Trinajstić information content (AvgIpc) is 3.62. The highest BCUT2D eigenvalue weighted by atomic mass is 79.9. The fourth-order valence-corrected chi connectivity index (χ4v) is 10.5. The first-order chi connectivity index (χ1) is 20.8. The summed E-state index contributed by atoms with van der Waals surface area (Å²) in [4.78, 5) is 48.6. The summed E-state index contributed by atoms with van der Waals surface area (Å²) in [5.41, 5.74) is 1.42. The minimum absolute atomic E-state index is 0.00134. The molecule has 2 bridgehead atoms. The third-order valence-corrected chi connectivity index (χ3v) is 11.9. The predicted octanol–water partition coefficient (Wildman–Crippen LogP) is 4.67. The average molecular weight is 669 g/mol. The lowest BCUT2D eigenvalue weighted by Crippen LogP contribution is -2.56. The topological polar surface area (TPSA) is 90.4 Å².